The molecule has 134 valence electrons. The predicted molar refractivity (Wildman–Crippen MR) is 94.1 cm³/mol. The molecule has 1 aliphatic rings. The van der Waals surface area contributed by atoms with Gasteiger partial charge in [-0.1, -0.05) is 30.3 Å². The van der Waals surface area contributed by atoms with Crippen LogP contribution in [0.15, 0.2) is 48.5 Å². The summed E-state index contributed by atoms with van der Waals surface area (Å²) in [7, 11) is -3.35. The maximum atomic E-state index is 13.9. The number of halogens is 2. The molecule has 0 aliphatic carbocycles. The van der Waals surface area contributed by atoms with E-state index in [1.807, 2.05) is 30.3 Å². The molecule has 1 fully saturated rings. The van der Waals surface area contributed by atoms with Gasteiger partial charge in [-0.05, 0) is 24.1 Å². The van der Waals surface area contributed by atoms with Crippen LogP contribution in [0.5, 0.6) is 0 Å². The number of benzene rings is 2. The van der Waals surface area contributed by atoms with Gasteiger partial charge in [0.25, 0.3) is 0 Å². The van der Waals surface area contributed by atoms with Gasteiger partial charge in [-0.15, -0.1) is 0 Å². The normalized spacial score (nSPS) is 16.2. The van der Waals surface area contributed by atoms with E-state index in [1.54, 1.807) is 4.90 Å². The predicted octanol–water partition coefficient (Wildman–Crippen LogP) is 2.66. The lowest BCUT2D eigenvalue weighted by Gasteiger charge is -2.35. The summed E-state index contributed by atoms with van der Waals surface area (Å²) in [5.74, 6) is -1.19. The number of sulfonamides is 1. The van der Waals surface area contributed by atoms with Gasteiger partial charge in [0.05, 0.1) is 11.4 Å². The molecule has 3 rings (SSSR count). The van der Waals surface area contributed by atoms with E-state index in [1.165, 1.54) is 16.4 Å². The fraction of sp³-hybridized carbons (Fsp3) is 0.333. The van der Waals surface area contributed by atoms with Crippen molar-refractivity contribution in [2.24, 2.45) is 0 Å². The Hall–Kier alpha value is -1.99. The fourth-order valence-electron chi connectivity index (χ4n) is 2.97. The molecule has 25 heavy (non-hydrogen) atoms. The maximum Gasteiger partial charge on any atom is 0.214 e. The van der Waals surface area contributed by atoms with Crippen LogP contribution in [-0.2, 0) is 16.4 Å². The van der Waals surface area contributed by atoms with Gasteiger partial charge in [0.1, 0.15) is 11.6 Å². The van der Waals surface area contributed by atoms with E-state index in [-0.39, 0.29) is 5.75 Å². The summed E-state index contributed by atoms with van der Waals surface area (Å²) >= 11 is 0. The van der Waals surface area contributed by atoms with Crippen molar-refractivity contribution in [3.05, 3.63) is 65.7 Å². The zero-order valence-electron chi connectivity index (χ0n) is 13.7. The minimum Gasteiger partial charge on any atom is -0.367 e. The summed E-state index contributed by atoms with van der Waals surface area (Å²) in [4.78, 5) is 1.75. The summed E-state index contributed by atoms with van der Waals surface area (Å²) in [5, 5.41) is 0. The number of hydrogen-bond acceptors (Lipinski definition) is 3. The molecule has 0 bridgehead atoms. The molecule has 0 unspecified atom stereocenters. The van der Waals surface area contributed by atoms with E-state index in [2.05, 4.69) is 0 Å². The van der Waals surface area contributed by atoms with E-state index in [4.69, 9.17) is 0 Å². The van der Waals surface area contributed by atoms with Gasteiger partial charge in [-0.3, -0.25) is 0 Å². The van der Waals surface area contributed by atoms with Crippen molar-refractivity contribution >= 4 is 15.7 Å². The zero-order chi connectivity index (χ0) is 17.9. The average molecular weight is 366 g/mol. The Labute approximate surface area is 146 Å². The number of piperazine rings is 1. The maximum absolute atomic E-state index is 13.9. The summed E-state index contributed by atoms with van der Waals surface area (Å²) in [5.41, 5.74) is 1.29. The molecular formula is C18H20F2N2O2S. The van der Waals surface area contributed by atoms with Crippen LogP contribution in [0.3, 0.4) is 0 Å². The van der Waals surface area contributed by atoms with Crippen LogP contribution in [0, 0.1) is 11.6 Å². The first-order valence-corrected chi connectivity index (χ1v) is 9.78. The second-order valence-corrected chi connectivity index (χ2v) is 8.12. The van der Waals surface area contributed by atoms with Crippen molar-refractivity contribution in [1.29, 1.82) is 0 Å². The lowest BCUT2D eigenvalue weighted by Crippen LogP contribution is -2.49. The third kappa shape index (κ3) is 4.35. The first-order chi connectivity index (χ1) is 12.0. The molecule has 2 aromatic carbocycles. The molecule has 1 aliphatic heterocycles. The molecule has 4 nitrogen and oxygen atoms in total. The highest BCUT2D eigenvalue weighted by atomic mass is 32.2. The third-order valence-electron chi connectivity index (χ3n) is 4.37. The van der Waals surface area contributed by atoms with Crippen molar-refractivity contribution in [3.8, 4) is 0 Å². The van der Waals surface area contributed by atoms with E-state index < -0.39 is 21.7 Å². The molecule has 0 atom stereocenters. The zero-order valence-corrected chi connectivity index (χ0v) is 14.6. The average Bonchev–Trinajstić information content (AvgIpc) is 2.61. The highest BCUT2D eigenvalue weighted by Crippen LogP contribution is 2.22. The standard InChI is InChI=1S/C18H20F2N2O2S/c19-16-6-7-18(17(20)14-16)21-9-11-22(12-10-21)25(23,24)13-8-15-4-2-1-3-5-15/h1-7,14H,8-13H2. The number of anilines is 1. The van der Waals surface area contributed by atoms with Crippen LogP contribution in [-0.4, -0.2) is 44.7 Å². The Balaban J connectivity index is 1.59. The Morgan fingerprint density at radius 2 is 1.60 bits per heavy atom. The molecule has 0 spiro atoms. The van der Waals surface area contributed by atoms with Gasteiger partial charge in [0.15, 0.2) is 0 Å². The summed E-state index contributed by atoms with van der Waals surface area (Å²) in [6.07, 6.45) is 0.468. The van der Waals surface area contributed by atoms with Crippen LogP contribution >= 0.6 is 0 Å². The van der Waals surface area contributed by atoms with Crippen LogP contribution in [0.25, 0.3) is 0 Å². The minimum atomic E-state index is -3.35. The second-order valence-electron chi connectivity index (χ2n) is 6.03. The van der Waals surface area contributed by atoms with Gasteiger partial charge in [-0.25, -0.2) is 17.2 Å². The van der Waals surface area contributed by atoms with E-state index >= 15 is 0 Å². The van der Waals surface area contributed by atoms with Gasteiger partial charge < -0.3 is 4.90 Å². The van der Waals surface area contributed by atoms with Gasteiger partial charge >= 0.3 is 0 Å². The first kappa shape index (κ1) is 17.8. The fourth-order valence-corrected chi connectivity index (χ4v) is 4.44. The molecule has 0 aromatic heterocycles. The quantitative estimate of drug-likeness (QED) is 0.817. The number of aryl methyl sites for hydroxylation is 1. The smallest absolute Gasteiger partial charge is 0.214 e. The van der Waals surface area contributed by atoms with Crippen LogP contribution in [0.4, 0.5) is 14.5 Å². The Kier molecular flexibility index (Phi) is 5.34. The first-order valence-electron chi connectivity index (χ1n) is 8.17. The Morgan fingerprint density at radius 3 is 2.24 bits per heavy atom. The highest BCUT2D eigenvalue weighted by molar-refractivity contribution is 7.89. The van der Waals surface area contributed by atoms with E-state index in [9.17, 15) is 17.2 Å². The molecule has 0 saturated carbocycles. The molecule has 0 amide bonds. The molecule has 1 saturated heterocycles. The van der Waals surface area contributed by atoms with Crippen LogP contribution in [0.2, 0.25) is 0 Å². The minimum absolute atomic E-state index is 0.0575. The van der Waals surface area contributed by atoms with Crippen LogP contribution < -0.4 is 4.90 Å². The topological polar surface area (TPSA) is 40.6 Å². The highest BCUT2D eigenvalue weighted by Gasteiger charge is 2.27. The van der Waals surface area contributed by atoms with Crippen molar-refractivity contribution in [1.82, 2.24) is 4.31 Å². The van der Waals surface area contributed by atoms with Gasteiger partial charge in [0, 0.05) is 32.2 Å². The molecule has 2 aromatic rings. The van der Waals surface area contributed by atoms with Crippen molar-refractivity contribution in [2.45, 2.75) is 6.42 Å². The van der Waals surface area contributed by atoms with Crippen LogP contribution in [0.1, 0.15) is 5.56 Å². The second kappa shape index (κ2) is 7.49. The molecule has 1 heterocycles. The van der Waals surface area contributed by atoms with E-state index in [0.29, 0.717) is 38.3 Å². The Bertz CT molecular complexity index is 820. The Morgan fingerprint density at radius 1 is 0.920 bits per heavy atom. The number of hydrogen-bond donors (Lipinski definition) is 0. The molecule has 7 heteroatoms. The van der Waals surface area contributed by atoms with Crippen molar-refractivity contribution in [2.75, 3.05) is 36.8 Å². The third-order valence-corrected chi connectivity index (χ3v) is 6.25. The largest absolute Gasteiger partial charge is 0.367 e. The summed E-state index contributed by atoms with van der Waals surface area (Å²) in [6, 6.07) is 12.9. The monoisotopic (exact) mass is 366 g/mol. The summed E-state index contributed by atoms with van der Waals surface area (Å²) < 4.78 is 53.3. The number of rotatable bonds is 5. The molecule has 0 N–H and O–H groups in total. The van der Waals surface area contributed by atoms with Crippen molar-refractivity contribution in [3.63, 3.8) is 0 Å². The van der Waals surface area contributed by atoms with Gasteiger partial charge in [0.2, 0.25) is 10.0 Å². The number of nitrogens with zero attached hydrogens (tertiary/aromatic N) is 2. The SMILES string of the molecule is O=S(=O)(CCc1ccccc1)N1CCN(c2ccc(F)cc2F)CC1. The van der Waals surface area contributed by atoms with Gasteiger partial charge in [-0.2, -0.15) is 4.31 Å². The lowest BCUT2D eigenvalue weighted by molar-refractivity contribution is 0.383. The summed E-state index contributed by atoms with van der Waals surface area (Å²) in [6.45, 7) is 1.36. The van der Waals surface area contributed by atoms with Crippen molar-refractivity contribution < 1.29 is 17.2 Å². The molecular weight excluding hydrogens is 346 g/mol. The molecule has 0 radical (unpaired) electrons. The lowest BCUT2D eigenvalue weighted by atomic mass is 10.2. The van der Waals surface area contributed by atoms with E-state index in [0.717, 1.165) is 11.6 Å².